The molecule has 0 N–H and O–H groups in total. The van der Waals surface area contributed by atoms with Crippen LogP contribution in [0.4, 0.5) is 0 Å². The Morgan fingerprint density at radius 3 is 1.70 bits per heavy atom. The standard InChI is InChI=1S/C42H24O2/c1-2-10-28-25(9-1)21-37(30-12-4-3-11-29(28)30)42-33-15-7-5-13-31(33)41(32-14-6-8-16-34(32)42)27-17-18-38-35(22-27)36-24-39-26(19-20-43-39)23-40(36)44-38/h1-24H. The van der Waals surface area contributed by atoms with Crippen LogP contribution in [0, 0.1) is 0 Å². The number of furan rings is 2. The van der Waals surface area contributed by atoms with E-state index in [0.717, 1.165) is 32.9 Å². The summed E-state index contributed by atoms with van der Waals surface area (Å²) in [7, 11) is 0. The fourth-order valence-corrected chi connectivity index (χ4v) is 7.38. The molecule has 44 heavy (non-hydrogen) atoms. The van der Waals surface area contributed by atoms with Crippen LogP contribution in [-0.4, -0.2) is 0 Å². The molecule has 0 aliphatic heterocycles. The molecule has 0 aliphatic rings. The molecule has 0 bridgehead atoms. The number of fused-ring (bicyclic) bond motifs is 9. The lowest BCUT2D eigenvalue weighted by Crippen LogP contribution is -1.92. The normalized spacial score (nSPS) is 12.1. The second kappa shape index (κ2) is 8.82. The van der Waals surface area contributed by atoms with E-state index in [-0.39, 0.29) is 0 Å². The van der Waals surface area contributed by atoms with Crippen LogP contribution < -0.4 is 0 Å². The first kappa shape index (κ1) is 23.7. The van der Waals surface area contributed by atoms with Crippen molar-refractivity contribution in [3.05, 3.63) is 146 Å². The number of benzene rings is 8. The molecule has 0 fully saturated rings. The summed E-state index contributed by atoms with van der Waals surface area (Å²) in [5, 5.41) is 13.2. The molecule has 0 unspecified atom stereocenters. The zero-order valence-electron chi connectivity index (χ0n) is 23.7. The summed E-state index contributed by atoms with van der Waals surface area (Å²) in [4.78, 5) is 0. The number of rotatable bonds is 2. The molecule has 2 heterocycles. The Morgan fingerprint density at radius 2 is 0.955 bits per heavy atom. The minimum atomic E-state index is 0.869. The third-order valence-corrected chi connectivity index (χ3v) is 9.30. The minimum Gasteiger partial charge on any atom is -0.464 e. The van der Waals surface area contributed by atoms with Crippen LogP contribution in [0.3, 0.4) is 0 Å². The molecule has 0 saturated heterocycles. The molecule has 0 saturated carbocycles. The summed E-state index contributed by atoms with van der Waals surface area (Å²) in [6.07, 6.45) is 1.73. The first-order valence-corrected chi connectivity index (χ1v) is 15.0. The lowest BCUT2D eigenvalue weighted by Gasteiger charge is -2.19. The summed E-state index contributed by atoms with van der Waals surface area (Å²) < 4.78 is 12.1. The van der Waals surface area contributed by atoms with Gasteiger partial charge in [-0.1, -0.05) is 103 Å². The van der Waals surface area contributed by atoms with E-state index in [4.69, 9.17) is 8.83 Å². The summed E-state index contributed by atoms with van der Waals surface area (Å²) in [6, 6.07) is 50.4. The maximum Gasteiger partial charge on any atom is 0.136 e. The SMILES string of the molecule is c1ccc2c(c1)cc(-c1c3ccccc3c(-c3ccc4oc5cc6ccoc6cc5c4c3)c3ccccc13)c1ccccc12. The van der Waals surface area contributed by atoms with E-state index >= 15 is 0 Å². The van der Waals surface area contributed by atoms with Crippen molar-refractivity contribution in [3.8, 4) is 22.3 Å². The highest BCUT2D eigenvalue weighted by molar-refractivity contribution is 6.26. The maximum absolute atomic E-state index is 6.31. The lowest BCUT2D eigenvalue weighted by molar-refractivity contribution is 0.616. The molecule has 10 rings (SSSR count). The summed E-state index contributed by atoms with van der Waals surface area (Å²) >= 11 is 0. The van der Waals surface area contributed by atoms with Gasteiger partial charge in [0.1, 0.15) is 16.7 Å². The quantitative estimate of drug-likeness (QED) is 0.155. The van der Waals surface area contributed by atoms with E-state index in [1.807, 2.05) is 6.07 Å². The van der Waals surface area contributed by atoms with Gasteiger partial charge in [-0.15, -0.1) is 0 Å². The largest absolute Gasteiger partial charge is 0.464 e. The van der Waals surface area contributed by atoms with Crippen LogP contribution in [-0.2, 0) is 0 Å². The third-order valence-electron chi connectivity index (χ3n) is 9.30. The van der Waals surface area contributed by atoms with E-state index < -0.39 is 0 Å². The zero-order valence-corrected chi connectivity index (χ0v) is 23.7. The van der Waals surface area contributed by atoms with Gasteiger partial charge >= 0.3 is 0 Å². The van der Waals surface area contributed by atoms with Gasteiger partial charge in [0, 0.05) is 16.2 Å². The third kappa shape index (κ3) is 3.25. The van der Waals surface area contributed by atoms with Gasteiger partial charge in [-0.3, -0.25) is 0 Å². The van der Waals surface area contributed by atoms with E-state index in [9.17, 15) is 0 Å². The summed E-state index contributed by atoms with van der Waals surface area (Å²) in [5.41, 5.74) is 7.56. The van der Waals surface area contributed by atoms with Crippen molar-refractivity contribution in [3.63, 3.8) is 0 Å². The van der Waals surface area contributed by atoms with Gasteiger partial charge in [0.05, 0.1) is 6.26 Å². The highest BCUT2D eigenvalue weighted by Crippen LogP contribution is 2.47. The molecule has 2 nitrogen and oxygen atoms in total. The molecule has 2 aromatic heterocycles. The lowest BCUT2D eigenvalue weighted by atomic mass is 9.83. The highest BCUT2D eigenvalue weighted by Gasteiger charge is 2.20. The number of hydrogen-bond donors (Lipinski definition) is 0. The Hall–Kier alpha value is -5.86. The van der Waals surface area contributed by atoms with Crippen LogP contribution in [0.5, 0.6) is 0 Å². The van der Waals surface area contributed by atoms with Crippen molar-refractivity contribution in [2.45, 2.75) is 0 Å². The van der Waals surface area contributed by atoms with Gasteiger partial charge in [-0.25, -0.2) is 0 Å². The monoisotopic (exact) mass is 560 g/mol. The van der Waals surface area contributed by atoms with Crippen molar-refractivity contribution in [1.29, 1.82) is 0 Å². The molecule has 8 aromatic carbocycles. The van der Waals surface area contributed by atoms with E-state index in [1.54, 1.807) is 6.26 Å². The Bertz CT molecular complexity index is 2720. The van der Waals surface area contributed by atoms with Crippen molar-refractivity contribution in [1.82, 2.24) is 0 Å². The molecule has 204 valence electrons. The minimum absolute atomic E-state index is 0.869. The highest BCUT2D eigenvalue weighted by atomic mass is 16.3. The van der Waals surface area contributed by atoms with E-state index in [2.05, 4.69) is 133 Å². The van der Waals surface area contributed by atoms with E-state index in [1.165, 1.54) is 65.3 Å². The van der Waals surface area contributed by atoms with Crippen molar-refractivity contribution >= 4 is 76.0 Å². The molecule has 2 heteroatoms. The smallest absolute Gasteiger partial charge is 0.136 e. The second-order valence-corrected chi connectivity index (χ2v) is 11.7. The fourth-order valence-electron chi connectivity index (χ4n) is 7.38. The summed E-state index contributed by atoms with van der Waals surface area (Å²) in [5.74, 6) is 0. The average molecular weight is 561 g/mol. The van der Waals surface area contributed by atoms with Crippen LogP contribution in [0.25, 0.3) is 98.3 Å². The molecule has 0 spiro atoms. The van der Waals surface area contributed by atoms with Crippen molar-refractivity contribution in [2.24, 2.45) is 0 Å². The van der Waals surface area contributed by atoms with Gasteiger partial charge in [-0.2, -0.15) is 0 Å². The average Bonchev–Trinajstić information content (AvgIpc) is 3.69. The van der Waals surface area contributed by atoms with Crippen LogP contribution in [0.2, 0.25) is 0 Å². The molecule has 0 aliphatic carbocycles. The Kier molecular flexibility index (Phi) is 4.75. The zero-order chi connectivity index (χ0) is 28.8. The second-order valence-electron chi connectivity index (χ2n) is 11.7. The topological polar surface area (TPSA) is 26.3 Å². The first-order chi connectivity index (χ1) is 21.8. The Morgan fingerprint density at radius 1 is 0.341 bits per heavy atom. The van der Waals surface area contributed by atoms with Gasteiger partial charge in [0.25, 0.3) is 0 Å². The van der Waals surface area contributed by atoms with Crippen LogP contribution in [0.15, 0.2) is 155 Å². The van der Waals surface area contributed by atoms with E-state index in [0.29, 0.717) is 0 Å². The molecule has 0 atom stereocenters. The Labute approximate surface area is 252 Å². The van der Waals surface area contributed by atoms with Gasteiger partial charge < -0.3 is 8.83 Å². The summed E-state index contributed by atoms with van der Waals surface area (Å²) in [6.45, 7) is 0. The van der Waals surface area contributed by atoms with Crippen LogP contribution >= 0.6 is 0 Å². The van der Waals surface area contributed by atoms with Crippen molar-refractivity contribution < 1.29 is 8.83 Å². The maximum atomic E-state index is 6.31. The molecular formula is C42H24O2. The van der Waals surface area contributed by atoms with Gasteiger partial charge in [-0.05, 0) is 102 Å². The fraction of sp³-hybridized carbons (Fsp3) is 0. The predicted octanol–water partition coefficient (Wildman–Crippen LogP) is 12.3. The molecule has 0 radical (unpaired) electrons. The Balaban J connectivity index is 1.33. The number of hydrogen-bond acceptors (Lipinski definition) is 2. The molecule has 0 amide bonds. The first-order valence-electron chi connectivity index (χ1n) is 15.0. The van der Waals surface area contributed by atoms with Gasteiger partial charge in [0.2, 0.25) is 0 Å². The van der Waals surface area contributed by atoms with Crippen LogP contribution in [0.1, 0.15) is 0 Å². The predicted molar refractivity (Wildman–Crippen MR) is 184 cm³/mol. The molecule has 10 aromatic rings. The van der Waals surface area contributed by atoms with Gasteiger partial charge in [0.15, 0.2) is 0 Å². The molecular weight excluding hydrogens is 536 g/mol. The van der Waals surface area contributed by atoms with Crippen molar-refractivity contribution in [2.75, 3.05) is 0 Å².